The largest absolute Gasteiger partial charge is 0.355 e. The van der Waals surface area contributed by atoms with Crippen LogP contribution in [0.15, 0.2) is 24.3 Å². The van der Waals surface area contributed by atoms with Gasteiger partial charge < -0.3 is 5.32 Å². The monoisotopic (exact) mass is 307 g/mol. The SMILES string of the molecule is CC(C)(C)c1ccc(C[S@](=O)CC(=O)NCC2CC2)cc1. The summed E-state index contributed by atoms with van der Waals surface area (Å²) in [4.78, 5) is 11.7. The van der Waals surface area contributed by atoms with Gasteiger partial charge in [0.2, 0.25) is 5.91 Å². The Bertz CT molecular complexity index is 513. The Labute approximate surface area is 130 Å². The van der Waals surface area contributed by atoms with Gasteiger partial charge in [0.05, 0.1) is 0 Å². The van der Waals surface area contributed by atoms with Gasteiger partial charge in [-0.2, -0.15) is 0 Å². The molecule has 0 heterocycles. The maximum absolute atomic E-state index is 12.0. The van der Waals surface area contributed by atoms with Crippen molar-refractivity contribution in [2.24, 2.45) is 5.92 Å². The third-order valence-corrected chi connectivity index (χ3v) is 4.96. The quantitative estimate of drug-likeness (QED) is 0.878. The van der Waals surface area contributed by atoms with Crippen LogP contribution < -0.4 is 5.32 Å². The van der Waals surface area contributed by atoms with E-state index in [2.05, 4.69) is 38.2 Å². The number of amides is 1. The van der Waals surface area contributed by atoms with Gasteiger partial charge in [0, 0.05) is 23.1 Å². The lowest BCUT2D eigenvalue weighted by Gasteiger charge is -2.19. The van der Waals surface area contributed by atoms with Crippen LogP contribution in [0, 0.1) is 5.92 Å². The van der Waals surface area contributed by atoms with Crippen molar-refractivity contribution in [1.29, 1.82) is 0 Å². The lowest BCUT2D eigenvalue weighted by molar-refractivity contribution is -0.118. The van der Waals surface area contributed by atoms with Crippen LogP contribution in [0.3, 0.4) is 0 Å². The summed E-state index contributed by atoms with van der Waals surface area (Å²) in [6, 6.07) is 8.20. The highest BCUT2D eigenvalue weighted by Gasteiger charge is 2.22. The van der Waals surface area contributed by atoms with Crippen molar-refractivity contribution in [3.8, 4) is 0 Å². The average Bonchev–Trinajstić information content (AvgIpc) is 3.19. The molecular formula is C17H25NO2S. The van der Waals surface area contributed by atoms with Crippen molar-refractivity contribution in [2.45, 2.75) is 44.8 Å². The van der Waals surface area contributed by atoms with E-state index < -0.39 is 10.8 Å². The molecule has 21 heavy (non-hydrogen) atoms. The molecule has 3 nitrogen and oxygen atoms in total. The number of carbonyl (C=O) groups is 1. The van der Waals surface area contributed by atoms with E-state index in [1.807, 2.05) is 12.1 Å². The summed E-state index contributed by atoms with van der Waals surface area (Å²) in [6.45, 7) is 7.26. The van der Waals surface area contributed by atoms with Crippen molar-refractivity contribution in [1.82, 2.24) is 5.32 Å². The van der Waals surface area contributed by atoms with Crippen molar-refractivity contribution in [2.75, 3.05) is 12.3 Å². The first-order valence-electron chi connectivity index (χ1n) is 7.55. The van der Waals surface area contributed by atoms with Crippen LogP contribution >= 0.6 is 0 Å². The van der Waals surface area contributed by atoms with E-state index in [1.165, 1.54) is 18.4 Å². The molecule has 1 amide bonds. The maximum atomic E-state index is 12.0. The Balaban J connectivity index is 1.80. The van der Waals surface area contributed by atoms with Gasteiger partial charge >= 0.3 is 0 Å². The fourth-order valence-corrected chi connectivity index (χ4v) is 3.18. The Morgan fingerprint density at radius 1 is 1.24 bits per heavy atom. The van der Waals surface area contributed by atoms with Gasteiger partial charge in [0.25, 0.3) is 0 Å². The van der Waals surface area contributed by atoms with Crippen LogP contribution in [0.1, 0.15) is 44.7 Å². The zero-order chi connectivity index (χ0) is 15.5. The minimum Gasteiger partial charge on any atom is -0.355 e. The first kappa shape index (κ1) is 16.2. The predicted octanol–water partition coefficient (Wildman–Crippen LogP) is 2.76. The second kappa shape index (κ2) is 6.73. The van der Waals surface area contributed by atoms with Gasteiger partial charge in [-0.3, -0.25) is 9.00 Å². The molecule has 1 aliphatic carbocycles. The predicted molar refractivity (Wildman–Crippen MR) is 87.6 cm³/mol. The molecule has 0 bridgehead atoms. The molecule has 116 valence electrons. The minimum atomic E-state index is -1.14. The summed E-state index contributed by atoms with van der Waals surface area (Å²) < 4.78 is 12.0. The fourth-order valence-electron chi connectivity index (χ4n) is 2.12. The van der Waals surface area contributed by atoms with Crippen LogP contribution in [0.25, 0.3) is 0 Å². The van der Waals surface area contributed by atoms with E-state index >= 15 is 0 Å². The summed E-state index contributed by atoms with van der Waals surface area (Å²) in [7, 11) is -1.14. The smallest absolute Gasteiger partial charge is 0.232 e. The van der Waals surface area contributed by atoms with Crippen molar-refractivity contribution >= 4 is 16.7 Å². The normalized spacial score (nSPS) is 16.5. The van der Waals surface area contributed by atoms with Crippen molar-refractivity contribution in [3.63, 3.8) is 0 Å². The molecule has 0 radical (unpaired) electrons. The molecule has 1 fully saturated rings. The Kier molecular flexibility index (Phi) is 5.20. The number of benzene rings is 1. The van der Waals surface area contributed by atoms with Gasteiger partial charge in [-0.05, 0) is 35.3 Å². The van der Waals surface area contributed by atoms with Crippen LogP contribution in [-0.2, 0) is 26.8 Å². The molecule has 0 aliphatic heterocycles. The second-order valence-corrected chi connectivity index (χ2v) is 8.38. The van der Waals surface area contributed by atoms with Gasteiger partial charge in [-0.25, -0.2) is 0 Å². The molecule has 0 aromatic heterocycles. The molecule has 0 unspecified atom stereocenters. The van der Waals surface area contributed by atoms with Crippen LogP contribution in [0.4, 0.5) is 0 Å². The topological polar surface area (TPSA) is 46.2 Å². The standard InChI is InChI=1S/C17H25NO2S/c1-17(2,3)15-8-6-14(7-9-15)11-21(20)12-16(19)18-10-13-4-5-13/h6-9,13H,4-5,10-12H2,1-3H3,(H,18,19)/t21-/m0/s1. The van der Waals surface area contributed by atoms with Crippen LogP contribution in [-0.4, -0.2) is 22.4 Å². The number of hydrogen-bond donors (Lipinski definition) is 1. The number of rotatable bonds is 6. The van der Waals surface area contributed by atoms with Gasteiger partial charge in [0.15, 0.2) is 0 Å². The van der Waals surface area contributed by atoms with Gasteiger partial charge in [-0.15, -0.1) is 0 Å². The summed E-state index contributed by atoms with van der Waals surface area (Å²) in [5, 5.41) is 2.86. The number of nitrogens with one attached hydrogen (secondary N) is 1. The number of hydrogen-bond acceptors (Lipinski definition) is 2. The highest BCUT2D eigenvalue weighted by atomic mass is 32.2. The van der Waals surface area contributed by atoms with E-state index in [0.717, 1.165) is 12.1 Å². The molecule has 1 aromatic rings. The molecule has 1 N–H and O–H groups in total. The van der Waals surface area contributed by atoms with Gasteiger partial charge in [0.1, 0.15) is 5.75 Å². The van der Waals surface area contributed by atoms with Crippen LogP contribution in [0.5, 0.6) is 0 Å². The lowest BCUT2D eigenvalue weighted by Crippen LogP contribution is -2.30. The molecule has 4 heteroatoms. The molecule has 1 aliphatic rings. The van der Waals surface area contributed by atoms with E-state index in [-0.39, 0.29) is 17.1 Å². The summed E-state index contributed by atoms with van der Waals surface area (Å²) in [5.74, 6) is 1.12. The second-order valence-electron chi connectivity index (χ2n) is 6.92. The summed E-state index contributed by atoms with van der Waals surface area (Å²) in [5.41, 5.74) is 2.41. The summed E-state index contributed by atoms with van der Waals surface area (Å²) in [6.07, 6.45) is 2.42. The van der Waals surface area contributed by atoms with Crippen molar-refractivity contribution < 1.29 is 9.00 Å². The highest BCUT2D eigenvalue weighted by molar-refractivity contribution is 7.84. The summed E-state index contributed by atoms with van der Waals surface area (Å²) >= 11 is 0. The maximum Gasteiger partial charge on any atom is 0.232 e. The van der Waals surface area contributed by atoms with Crippen molar-refractivity contribution in [3.05, 3.63) is 35.4 Å². The van der Waals surface area contributed by atoms with E-state index in [1.54, 1.807) is 0 Å². The number of carbonyl (C=O) groups excluding carboxylic acids is 1. The van der Waals surface area contributed by atoms with Crippen LogP contribution in [0.2, 0.25) is 0 Å². The average molecular weight is 307 g/mol. The van der Waals surface area contributed by atoms with Gasteiger partial charge in [-0.1, -0.05) is 45.0 Å². The Morgan fingerprint density at radius 3 is 2.38 bits per heavy atom. The molecule has 1 aromatic carbocycles. The Hall–Kier alpha value is -1.16. The zero-order valence-corrected chi connectivity index (χ0v) is 14.0. The molecule has 0 saturated heterocycles. The first-order valence-corrected chi connectivity index (χ1v) is 9.04. The fraction of sp³-hybridized carbons (Fsp3) is 0.588. The molecular weight excluding hydrogens is 282 g/mol. The lowest BCUT2D eigenvalue weighted by atomic mass is 9.87. The molecule has 1 atom stereocenters. The molecule has 1 saturated carbocycles. The zero-order valence-electron chi connectivity index (χ0n) is 13.1. The Morgan fingerprint density at radius 2 is 1.86 bits per heavy atom. The van der Waals surface area contributed by atoms with E-state index in [9.17, 15) is 9.00 Å². The molecule has 2 rings (SSSR count). The highest BCUT2D eigenvalue weighted by Crippen LogP contribution is 2.27. The van der Waals surface area contributed by atoms with E-state index in [0.29, 0.717) is 11.7 Å². The third kappa shape index (κ3) is 5.62. The molecule has 0 spiro atoms. The minimum absolute atomic E-state index is 0.0912. The third-order valence-electron chi connectivity index (χ3n) is 3.72. The first-order chi connectivity index (χ1) is 9.84. The van der Waals surface area contributed by atoms with E-state index in [4.69, 9.17) is 0 Å².